The highest BCUT2D eigenvalue weighted by molar-refractivity contribution is 6.42. The molecule has 0 saturated carbocycles. The zero-order valence-electron chi connectivity index (χ0n) is 9.19. The van der Waals surface area contributed by atoms with Crippen molar-refractivity contribution >= 4 is 35.8 Å². The normalized spacial score (nSPS) is 10.1. The molecule has 90 valence electrons. The van der Waals surface area contributed by atoms with Gasteiger partial charge in [0.15, 0.2) is 0 Å². The van der Waals surface area contributed by atoms with Crippen molar-refractivity contribution in [3.8, 4) is 11.1 Å². The zero-order chi connectivity index (χ0) is 13.1. The summed E-state index contributed by atoms with van der Waals surface area (Å²) in [7, 11) is 0. The van der Waals surface area contributed by atoms with Crippen molar-refractivity contribution in [1.29, 1.82) is 0 Å². The maximum Gasteiger partial charge on any atom is 0.150 e. The number of hydrogen-bond donors (Lipinski definition) is 0. The van der Waals surface area contributed by atoms with Gasteiger partial charge in [0.25, 0.3) is 0 Å². The second-order valence-corrected chi connectivity index (χ2v) is 4.57. The van der Waals surface area contributed by atoms with Crippen molar-refractivity contribution in [2.45, 2.75) is 0 Å². The van der Waals surface area contributed by atoms with Crippen LogP contribution in [0.3, 0.4) is 0 Å². The molecule has 2 nitrogen and oxygen atoms in total. The van der Waals surface area contributed by atoms with E-state index in [1.165, 1.54) is 6.07 Å². The molecule has 0 aliphatic heterocycles. The third-order valence-corrected chi connectivity index (χ3v) is 3.24. The molecule has 0 bridgehead atoms. The van der Waals surface area contributed by atoms with Gasteiger partial charge < -0.3 is 0 Å². The van der Waals surface area contributed by atoms with E-state index < -0.39 is 0 Å². The molecule has 0 spiro atoms. The quantitative estimate of drug-likeness (QED) is 0.785. The second-order valence-electron chi connectivity index (χ2n) is 3.75. The third-order valence-electron chi connectivity index (χ3n) is 2.50. The molecule has 2 aromatic rings. The first-order chi connectivity index (χ1) is 8.63. The van der Waals surface area contributed by atoms with Crippen LogP contribution in [-0.2, 0) is 0 Å². The summed E-state index contributed by atoms with van der Waals surface area (Å²) in [5.74, 6) is 0. The van der Waals surface area contributed by atoms with E-state index in [0.29, 0.717) is 33.7 Å². The minimum atomic E-state index is 0.429. The van der Waals surface area contributed by atoms with E-state index in [2.05, 4.69) is 0 Å². The van der Waals surface area contributed by atoms with Gasteiger partial charge >= 0.3 is 0 Å². The van der Waals surface area contributed by atoms with Crippen LogP contribution in [0.15, 0.2) is 36.4 Å². The molecule has 0 N–H and O–H groups in total. The van der Waals surface area contributed by atoms with Crippen LogP contribution in [-0.4, -0.2) is 12.6 Å². The maximum absolute atomic E-state index is 10.8. The average Bonchev–Trinajstić information content (AvgIpc) is 2.41. The van der Waals surface area contributed by atoms with E-state index in [-0.39, 0.29) is 0 Å². The molecule has 2 rings (SSSR count). The lowest BCUT2D eigenvalue weighted by molar-refractivity contribution is 0.112. The maximum atomic E-state index is 10.8. The summed E-state index contributed by atoms with van der Waals surface area (Å²) < 4.78 is 0. The summed E-state index contributed by atoms with van der Waals surface area (Å²) in [5.41, 5.74) is 2.44. The number of halogens is 2. The highest BCUT2D eigenvalue weighted by Gasteiger charge is 2.05. The van der Waals surface area contributed by atoms with E-state index in [9.17, 15) is 9.59 Å². The Morgan fingerprint density at radius 3 is 1.83 bits per heavy atom. The standard InChI is InChI=1S/C14H8Cl2O2/c15-13-2-1-11(6-14(13)16)12-4-9(7-17)3-10(5-12)8-18/h1-8H. The molecule has 0 unspecified atom stereocenters. The Hall–Kier alpha value is -1.64. The molecule has 0 aliphatic carbocycles. The second kappa shape index (κ2) is 5.34. The number of hydrogen-bond acceptors (Lipinski definition) is 2. The Labute approximate surface area is 114 Å². The fourth-order valence-electron chi connectivity index (χ4n) is 1.66. The summed E-state index contributed by atoms with van der Waals surface area (Å²) in [6.07, 6.45) is 1.40. The Bertz CT molecular complexity index is 595. The van der Waals surface area contributed by atoms with Gasteiger partial charge in [-0.05, 0) is 41.5 Å². The van der Waals surface area contributed by atoms with E-state index in [4.69, 9.17) is 23.2 Å². The lowest BCUT2D eigenvalue weighted by Gasteiger charge is -2.05. The smallest absolute Gasteiger partial charge is 0.150 e. The first kappa shape index (κ1) is 12.8. The first-order valence-electron chi connectivity index (χ1n) is 5.15. The van der Waals surface area contributed by atoms with Crippen molar-refractivity contribution < 1.29 is 9.59 Å². The van der Waals surface area contributed by atoms with E-state index in [1.807, 2.05) is 0 Å². The number of rotatable bonds is 3. The van der Waals surface area contributed by atoms with Crippen molar-refractivity contribution in [2.75, 3.05) is 0 Å². The SMILES string of the molecule is O=Cc1cc(C=O)cc(-c2ccc(Cl)c(Cl)c2)c1. The lowest BCUT2D eigenvalue weighted by atomic mass is 10.0. The number of carbonyl (C=O) groups excluding carboxylic acids is 2. The molecule has 0 atom stereocenters. The highest BCUT2D eigenvalue weighted by atomic mass is 35.5. The van der Waals surface area contributed by atoms with Gasteiger partial charge in [-0.1, -0.05) is 29.3 Å². The minimum Gasteiger partial charge on any atom is -0.298 e. The minimum absolute atomic E-state index is 0.429. The molecule has 2 aromatic carbocycles. The van der Waals surface area contributed by atoms with Crippen molar-refractivity contribution in [3.63, 3.8) is 0 Å². The highest BCUT2D eigenvalue weighted by Crippen LogP contribution is 2.29. The van der Waals surface area contributed by atoms with Gasteiger partial charge in [-0.25, -0.2) is 0 Å². The van der Waals surface area contributed by atoms with Crippen molar-refractivity contribution in [1.82, 2.24) is 0 Å². The predicted molar refractivity (Wildman–Crippen MR) is 72.7 cm³/mol. The molecule has 0 fully saturated rings. The molecule has 18 heavy (non-hydrogen) atoms. The van der Waals surface area contributed by atoms with Crippen LogP contribution in [0.2, 0.25) is 10.0 Å². The van der Waals surface area contributed by atoms with Gasteiger partial charge in [0.05, 0.1) is 10.0 Å². The number of carbonyl (C=O) groups is 2. The Kier molecular flexibility index (Phi) is 3.80. The average molecular weight is 279 g/mol. The van der Waals surface area contributed by atoms with Crippen LogP contribution in [0, 0.1) is 0 Å². The van der Waals surface area contributed by atoms with Gasteiger partial charge in [-0.2, -0.15) is 0 Å². The third kappa shape index (κ3) is 2.61. The molecular weight excluding hydrogens is 271 g/mol. The molecule has 4 heteroatoms. The fourth-order valence-corrected chi connectivity index (χ4v) is 1.95. The predicted octanol–water partition coefficient (Wildman–Crippen LogP) is 4.29. The van der Waals surface area contributed by atoms with E-state index in [1.54, 1.807) is 30.3 Å². The molecule has 0 saturated heterocycles. The van der Waals surface area contributed by atoms with E-state index >= 15 is 0 Å². The summed E-state index contributed by atoms with van der Waals surface area (Å²) >= 11 is 11.8. The zero-order valence-corrected chi connectivity index (χ0v) is 10.7. The van der Waals surface area contributed by atoms with Crippen LogP contribution in [0.1, 0.15) is 20.7 Å². The van der Waals surface area contributed by atoms with Crippen molar-refractivity contribution in [2.24, 2.45) is 0 Å². The van der Waals surface area contributed by atoms with Crippen LogP contribution >= 0.6 is 23.2 Å². The number of benzene rings is 2. The van der Waals surface area contributed by atoms with Crippen molar-refractivity contribution in [3.05, 3.63) is 57.6 Å². The van der Waals surface area contributed by atoms with Crippen LogP contribution in [0.4, 0.5) is 0 Å². The fraction of sp³-hybridized carbons (Fsp3) is 0. The Balaban J connectivity index is 2.58. The Morgan fingerprint density at radius 1 is 0.722 bits per heavy atom. The van der Waals surface area contributed by atoms with Gasteiger partial charge in [-0.15, -0.1) is 0 Å². The lowest BCUT2D eigenvalue weighted by Crippen LogP contribution is -1.88. The largest absolute Gasteiger partial charge is 0.298 e. The summed E-state index contributed by atoms with van der Waals surface area (Å²) in [6.45, 7) is 0. The molecule has 0 heterocycles. The summed E-state index contributed by atoms with van der Waals surface area (Å²) in [5, 5.41) is 0.890. The van der Waals surface area contributed by atoms with Gasteiger partial charge in [0, 0.05) is 11.1 Å². The molecular formula is C14H8Cl2O2. The van der Waals surface area contributed by atoms with Crippen LogP contribution < -0.4 is 0 Å². The summed E-state index contributed by atoms with van der Waals surface area (Å²) in [6, 6.07) is 10.1. The topological polar surface area (TPSA) is 34.1 Å². The monoisotopic (exact) mass is 278 g/mol. The van der Waals surface area contributed by atoms with Crippen LogP contribution in [0.25, 0.3) is 11.1 Å². The molecule has 0 aromatic heterocycles. The first-order valence-corrected chi connectivity index (χ1v) is 5.90. The molecule has 0 amide bonds. The molecule has 0 radical (unpaired) electrons. The van der Waals surface area contributed by atoms with Crippen LogP contribution in [0.5, 0.6) is 0 Å². The molecule has 0 aliphatic rings. The van der Waals surface area contributed by atoms with Gasteiger partial charge in [0.2, 0.25) is 0 Å². The summed E-state index contributed by atoms with van der Waals surface area (Å²) in [4.78, 5) is 21.6. The van der Waals surface area contributed by atoms with Gasteiger partial charge in [-0.3, -0.25) is 9.59 Å². The van der Waals surface area contributed by atoms with Gasteiger partial charge in [0.1, 0.15) is 12.6 Å². The number of aldehydes is 2. The van der Waals surface area contributed by atoms with E-state index in [0.717, 1.165) is 11.1 Å². The Morgan fingerprint density at radius 2 is 1.33 bits per heavy atom.